The van der Waals surface area contributed by atoms with Crippen LogP contribution in [0.15, 0.2) is 24.3 Å². The van der Waals surface area contributed by atoms with Crippen LogP contribution >= 0.6 is 11.6 Å². The number of halogens is 2. The molecule has 0 saturated heterocycles. The van der Waals surface area contributed by atoms with Crippen LogP contribution in [0, 0.1) is 11.7 Å². The van der Waals surface area contributed by atoms with E-state index in [-0.39, 0.29) is 23.7 Å². The highest BCUT2D eigenvalue weighted by atomic mass is 35.5. The van der Waals surface area contributed by atoms with Gasteiger partial charge in [-0.25, -0.2) is 4.39 Å². The van der Waals surface area contributed by atoms with Crippen LogP contribution in [0.2, 0.25) is 0 Å². The van der Waals surface area contributed by atoms with E-state index in [9.17, 15) is 9.18 Å². The highest BCUT2D eigenvalue weighted by Crippen LogP contribution is 2.33. The van der Waals surface area contributed by atoms with Crippen LogP contribution in [-0.2, 0) is 11.2 Å². The third-order valence-electron chi connectivity index (χ3n) is 4.01. The van der Waals surface area contributed by atoms with Gasteiger partial charge in [0.25, 0.3) is 0 Å². The van der Waals surface area contributed by atoms with Gasteiger partial charge in [0.05, 0.1) is 12.0 Å². The fourth-order valence-electron chi connectivity index (χ4n) is 3.10. The number of amides is 1. The van der Waals surface area contributed by atoms with E-state index in [0.29, 0.717) is 17.4 Å². The molecule has 0 radical (unpaired) electrons. The molecule has 2 atom stereocenters. The van der Waals surface area contributed by atoms with Crippen LogP contribution < -0.4 is 5.32 Å². The van der Waals surface area contributed by atoms with Gasteiger partial charge in [-0.05, 0) is 36.5 Å². The van der Waals surface area contributed by atoms with Crippen LogP contribution in [0.5, 0.6) is 0 Å². The average Bonchev–Trinajstić information content (AvgIpc) is 2.38. The van der Waals surface area contributed by atoms with E-state index in [1.54, 1.807) is 12.1 Å². The van der Waals surface area contributed by atoms with E-state index < -0.39 is 0 Å². The molecule has 1 aliphatic carbocycles. The van der Waals surface area contributed by atoms with E-state index >= 15 is 0 Å². The molecule has 2 rings (SSSR count). The van der Waals surface area contributed by atoms with E-state index in [0.717, 1.165) is 19.3 Å². The van der Waals surface area contributed by atoms with Gasteiger partial charge in [-0.3, -0.25) is 4.79 Å². The first kappa shape index (κ1) is 15.3. The van der Waals surface area contributed by atoms with Gasteiger partial charge in [0.1, 0.15) is 5.82 Å². The summed E-state index contributed by atoms with van der Waals surface area (Å²) in [5, 5.41) is 3.09. The van der Waals surface area contributed by atoms with E-state index in [1.165, 1.54) is 18.6 Å². The first-order valence-corrected chi connectivity index (χ1v) is 7.68. The van der Waals surface area contributed by atoms with Crippen molar-refractivity contribution in [1.29, 1.82) is 0 Å². The zero-order valence-electron chi connectivity index (χ0n) is 11.8. The zero-order valence-corrected chi connectivity index (χ0v) is 12.5. The molecular formula is C16H21ClFNO. The van der Waals surface area contributed by atoms with E-state index in [1.807, 2.05) is 0 Å². The molecule has 0 aliphatic heterocycles. The molecular weight excluding hydrogens is 277 g/mol. The summed E-state index contributed by atoms with van der Waals surface area (Å²) in [5.41, 5.74) is 0.403. The summed E-state index contributed by atoms with van der Waals surface area (Å²) in [6, 6.07) is 6.17. The van der Waals surface area contributed by atoms with Crippen LogP contribution in [0.4, 0.5) is 4.39 Å². The Hall–Kier alpha value is -1.09. The highest BCUT2D eigenvalue weighted by molar-refractivity contribution is 6.18. The summed E-state index contributed by atoms with van der Waals surface area (Å²) >= 11 is 6.10. The summed E-state index contributed by atoms with van der Waals surface area (Å²) in [7, 11) is 0. The maximum Gasteiger partial charge on any atom is 0.224 e. The molecule has 0 spiro atoms. The minimum atomic E-state index is -0.311. The van der Waals surface area contributed by atoms with Gasteiger partial charge in [0.2, 0.25) is 5.91 Å². The fraction of sp³-hybridized carbons (Fsp3) is 0.562. The number of hydrogen-bond acceptors (Lipinski definition) is 1. The molecule has 1 N–H and O–H groups in total. The van der Waals surface area contributed by atoms with Crippen LogP contribution in [0.1, 0.15) is 38.2 Å². The molecule has 0 aromatic heterocycles. The van der Waals surface area contributed by atoms with Crippen molar-refractivity contribution in [2.75, 3.05) is 5.88 Å². The second-order valence-electron chi connectivity index (χ2n) is 5.97. The Morgan fingerprint density at radius 2 is 2.35 bits per heavy atom. The number of hydrogen-bond donors (Lipinski definition) is 1. The molecule has 1 saturated carbocycles. The highest BCUT2D eigenvalue weighted by Gasteiger charge is 2.35. The summed E-state index contributed by atoms with van der Waals surface area (Å²) in [5.74, 6) is 0.627. The number of benzene rings is 1. The Labute approximate surface area is 124 Å². The molecule has 1 fully saturated rings. The molecule has 0 bridgehead atoms. The second-order valence-corrected chi connectivity index (χ2v) is 6.24. The maximum atomic E-state index is 13.1. The predicted octanol–water partition coefficient (Wildman–Crippen LogP) is 3.67. The lowest BCUT2D eigenvalue weighted by Crippen LogP contribution is -2.53. The molecule has 20 heavy (non-hydrogen) atoms. The summed E-state index contributed by atoms with van der Waals surface area (Å²) in [6.07, 6.45) is 4.33. The third kappa shape index (κ3) is 3.95. The van der Waals surface area contributed by atoms with Crippen molar-refractivity contribution in [3.63, 3.8) is 0 Å². The largest absolute Gasteiger partial charge is 0.349 e. The average molecular weight is 298 g/mol. The Bertz CT molecular complexity index is 479. The zero-order chi connectivity index (χ0) is 14.6. The minimum absolute atomic E-state index is 0.0784. The van der Waals surface area contributed by atoms with Crippen molar-refractivity contribution in [3.05, 3.63) is 35.6 Å². The smallest absolute Gasteiger partial charge is 0.224 e. The Balaban J connectivity index is 1.99. The molecule has 1 aromatic carbocycles. The lowest BCUT2D eigenvalue weighted by Gasteiger charge is -2.39. The third-order valence-corrected chi connectivity index (χ3v) is 4.52. The lowest BCUT2D eigenvalue weighted by atomic mass is 9.77. The van der Waals surface area contributed by atoms with E-state index in [2.05, 4.69) is 12.2 Å². The van der Waals surface area contributed by atoms with Gasteiger partial charge in [-0.2, -0.15) is 0 Å². The number of alkyl halides is 1. The van der Waals surface area contributed by atoms with Crippen molar-refractivity contribution in [3.8, 4) is 0 Å². The summed E-state index contributed by atoms with van der Waals surface area (Å²) < 4.78 is 13.1. The Kier molecular flexibility index (Phi) is 5.03. The van der Waals surface area contributed by atoms with Crippen molar-refractivity contribution in [2.45, 2.75) is 44.6 Å². The predicted molar refractivity (Wildman–Crippen MR) is 79.3 cm³/mol. The van der Waals surface area contributed by atoms with Gasteiger partial charge in [0, 0.05) is 5.88 Å². The molecule has 110 valence electrons. The molecule has 2 nitrogen and oxygen atoms in total. The number of nitrogens with one attached hydrogen (secondary N) is 1. The van der Waals surface area contributed by atoms with Crippen LogP contribution in [0.3, 0.4) is 0 Å². The maximum absolute atomic E-state index is 13.1. The van der Waals surface area contributed by atoms with Crippen LogP contribution in [0.25, 0.3) is 0 Å². The Morgan fingerprint density at radius 3 is 3.00 bits per heavy atom. The first-order chi connectivity index (χ1) is 9.53. The van der Waals surface area contributed by atoms with Crippen molar-refractivity contribution >= 4 is 17.5 Å². The molecule has 1 amide bonds. The van der Waals surface area contributed by atoms with E-state index in [4.69, 9.17) is 11.6 Å². The Morgan fingerprint density at radius 1 is 1.55 bits per heavy atom. The van der Waals surface area contributed by atoms with Crippen molar-refractivity contribution in [1.82, 2.24) is 5.32 Å². The molecule has 1 aliphatic rings. The normalized spacial score (nSPS) is 26.2. The molecule has 4 heteroatoms. The minimum Gasteiger partial charge on any atom is -0.349 e. The lowest BCUT2D eigenvalue weighted by molar-refractivity contribution is -0.122. The first-order valence-electron chi connectivity index (χ1n) is 7.14. The van der Waals surface area contributed by atoms with Gasteiger partial charge in [-0.15, -0.1) is 11.6 Å². The standard InChI is InChI=1S/C16H21ClFNO/c1-12-4-3-7-16(10-12,11-17)19-15(20)9-13-5-2-6-14(18)8-13/h2,5-6,8,12H,3-4,7,9-11H2,1H3,(H,19,20). The van der Waals surface area contributed by atoms with Gasteiger partial charge < -0.3 is 5.32 Å². The number of rotatable bonds is 4. The number of carbonyl (C=O) groups is 1. The summed E-state index contributed by atoms with van der Waals surface area (Å²) in [6.45, 7) is 2.19. The van der Waals surface area contributed by atoms with Crippen LogP contribution in [-0.4, -0.2) is 17.3 Å². The topological polar surface area (TPSA) is 29.1 Å². The van der Waals surface area contributed by atoms with Gasteiger partial charge in [0.15, 0.2) is 0 Å². The monoisotopic (exact) mass is 297 g/mol. The SMILES string of the molecule is CC1CCCC(CCl)(NC(=O)Cc2cccc(F)c2)C1. The molecule has 0 heterocycles. The fourth-order valence-corrected chi connectivity index (χ4v) is 3.41. The van der Waals surface area contributed by atoms with Crippen molar-refractivity contribution < 1.29 is 9.18 Å². The quantitative estimate of drug-likeness (QED) is 0.844. The molecule has 2 unspecified atom stereocenters. The number of carbonyl (C=O) groups excluding carboxylic acids is 1. The van der Waals surface area contributed by atoms with Gasteiger partial charge >= 0.3 is 0 Å². The molecule has 1 aromatic rings. The van der Waals surface area contributed by atoms with Crippen molar-refractivity contribution in [2.24, 2.45) is 5.92 Å². The second kappa shape index (κ2) is 6.57. The summed E-state index contributed by atoms with van der Waals surface area (Å²) in [4.78, 5) is 12.2. The van der Waals surface area contributed by atoms with Gasteiger partial charge in [-0.1, -0.05) is 31.9 Å².